The molecule has 0 amide bonds. The zero-order valence-electron chi connectivity index (χ0n) is 9.18. The van der Waals surface area contributed by atoms with Gasteiger partial charge in [-0.1, -0.05) is 52.5 Å². The molecular formula is C12H15BrCl2O. The fourth-order valence-electron chi connectivity index (χ4n) is 1.39. The van der Waals surface area contributed by atoms with Crippen molar-refractivity contribution in [2.45, 2.75) is 19.8 Å². The van der Waals surface area contributed by atoms with Gasteiger partial charge in [-0.15, -0.1) is 0 Å². The molecule has 0 N–H and O–H groups in total. The van der Waals surface area contributed by atoms with Gasteiger partial charge in [-0.2, -0.15) is 0 Å². The second-order valence-electron chi connectivity index (χ2n) is 3.70. The molecule has 0 spiro atoms. The molecule has 1 aromatic carbocycles. The van der Waals surface area contributed by atoms with Gasteiger partial charge in [-0.3, -0.25) is 0 Å². The summed E-state index contributed by atoms with van der Waals surface area (Å²) in [7, 11) is 0. The first kappa shape index (κ1) is 14.1. The van der Waals surface area contributed by atoms with E-state index in [-0.39, 0.29) is 0 Å². The quantitative estimate of drug-likeness (QED) is 0.654. The summed E-state index contributed by atoms with van der Waals surface area (Å²) >= 11 is 15.2. The second-order valence-corrected chi connectivity index (χ2v) is 5.16. The standard InChI is InChI=1S/C12H15BrCl2O/c1-2-3-9(7-13)8-16-10-4-5-11(14)12(15)6-10/h4-6,9H,2-3,7-8H2,1H3. The molecule has 0 saturated heterocycles. The smallest absolute Gasteiger partial charge is 0.120 e. The van der Waals surface area contributed by atoms with E-state index in [2.05, 4.69) is 22.9 Å². The number of rotatable bonds is 6. The van der Waals surface area contributed by atoms with E-state index >= 15 is 0 Å². The second kappa shape index (κ2) is 7.41. The zero-order valence-corrected chi connectivity index (χ0v) is 12.3. The maximum atomic E-state index is 5.90. The lowest BCUT2D eigenvalue weighted by molar-refractivity contribution is 0.255. The van der Waals surface area contributed by atoms with Crippen molar-refractivity contribution in [1.29, 1.82) is 0 Å². The minimum Gasteiger partial charge on any atom is -0.493 e. The van der Waals surface area contributed by atoms with Crippen molar-refractivity contribution in [3.8, 4) is 5.75 Å². The van der Waals surface area contributed by atoms with E-state index in [0.717, 1.165) is 17.5 Å². The van der Waals surface area contributed by atoms with Crippen LogP contribution in [0.15, 0.2) is 18.2 Å². The van der Waals surface area contributed by atoms with Crippen LogP contribution in [0, 0.1) is 5.92 Å². The van der Waals surface area contributed by atoms with E-state index in [1.165, 1.54) is 6.42 Å². The van der Waals surface area contributed by atoms with Gasteiger partial charge >= 0.3 is 0 Å². The molecule has 0 aromatic heterocycles. The Morgan fingerprint density at radius 3 is 2.62 bits per heavy atom. The van der Waals surface area contributed by atoms with Crippen LogP contribution in [0.25, 0.3) is 0 Å². The molecule has 4 heteroatoms. The minimum atomic E-state index is 0.532. The number of halogens is 3. The maximum Gasteiger partial charge on any atom is 0.120 e. The van der Waals surface area contributed by atoms with Gasteiger partial charge in [-0.25, -0.2) is 0 Å². The van der Waals surface area contributed by atoms with E-state index in [1.54, 1.807) is 12.1 Å². The lowest BCUT2D eigenvalue weighted by Crippen LogP contribution is -2.13. The van der Waals surface area contributed by atoms with Crippen LogP contribution in [-0.4, -0.2) is 11.9 Å². The number of alkyl halides is 1. The lowest BCUT2D eigenvalue weighted by atomic mass is 10.1. The number of hydrogen-bond acceptors (Lipinski definition) is 1. The van der Waals surface area contributed by atoms with Crippen LogP contribution in [-0.2, 0) is 0 Å². The van der Waals surface area contributed by atoms with Gasteiger partial charge < -0.3 is 4.74 Å². The number of ether oxygens (including phenoxy) is 1. The predicted molar refractivity (Wildman–Crippen MR) is 74.1 cm³/mol. The Labute approximate surface area is 115 Å². The third-order valence-corrected chi connectivity index (χ3v) is 3.95. The molecule has 0 fully saturated rings. The molecule has 0 saturated carbocycles. The van der Waals surface area contributed by atoms with E-state index in [4.69, 9.17) is 27.9 Å². The van der Waals surface area contributed by atoms with E-state index < -0.39 is 0 Å². The van der Waals surface area contributed by atoms with Crippen LogP contribution < -0.4 is 4.74 Å². The lowest BCUT2D eigenvalue weighted by Gasteiger charge is -2.14. The summed E-state index contributed by atoms with van der Waals surface area (Å²) in [5.74, 6) is 1.32. The molecule has 1 rings (SSSR count). The van der Waals surface area contributed by atoms with Crippen molar-refractivity contribution in [2.75, 3.05) is 11.9 Å². The molecule has 0 aliphatic heterocycles. The molecule has 0 heterocycles. The summed E-state index contributed by atoms with van der Waals surface area (Å²) in [6, 6.07) is 5.34. The van der Waals surface area contributed by atoms with Gasteiger partial charge in [0.05, 0.1) is 16.7 Å². The average molecular weight is 326 g/mol. The minimum absolute atomic E-state index is 0.532. The Kier molecular flexibility index (Phi) is 6.55. The molecule has 0 radical (unpaired) electrons. The molecule has 0 bridgehead atoms. The van der Waals surface area contributed by atoms with Gasteiger partial charge in [0.25, 0.3) is 0 Å². The van der Waals surface area contributed by atoms with E-state index in [0.29, 0.717) is 22.6 Å². The highest BCUT2D eigenvalue weighted by molar-refractivity contribution is 9.09. The van der Waals surface area contributed by atoms with Crippen molar-refractivity contribution in [3.63, 3.8) is 0 Å². The van der Waals surface area contributed by atoms with Crippen molar-refractivity contribution >= 4 is 39.1 Å². The summed E-state index contributed by atoms with van der Waals surface area (Å²) in [6.07, 6.45) is 2.33. The molecule has 1 nitrogen and oxygen atoms in total. The van der Waals surface area contributed by atoms with Crippen molar-refractivity contribution in [2.24, 2.45) is 5.92 Å². The Bertz CT molecular complexity index is 331. The highest BCUT2D eigenvalue weighted by Crippen LogP contribution is 2.26. The third-order valence-electron chi connectivity index (χ3n) is 2.29. The van der Waals surface area contributed by atoms with Gasteiger partial charge in [0, 0.05) is 17.3 Å². The molecule has 1 unspecified atom stereocenters. The first-order chi connectivity index (χ1) is 7.67. The van der Waals surface area contributed by atoms with Crippen LogP contribution in [0.3, 0.4) is 0 Å². The molecular weight excluding hydrogens is 311 g/mol. The Morgan fingerprint density at radius 2 is 2.06 bits per heavy atom. The monoisotopic (exact) mass is 324 g/mol. The molecule has 16 heavy (non-hydrogen) atoms. The molecule has 90 valence electrons. The van der Waals surface area contributed by atoms with Crippen LogP contribution in [0.5, 0.6) is 5.75 Å². The zero-order chi connectivity index (χ0) is 12.0. The van der Waals surface area contributed by atoms with Crippen LogP contribution in [0.1, 0.15) is 19.8 Å². The van der Waals surface area contributed by atoms with Crippen LogP contribution >= 0.6 is 39.1 Å². The normalized spacial score (nSPS) is 12.5. The van der Waals surface area contributed by atoms with Gasteiger partial charge in [0.2, 0.25) is 0 Å². The first-order valence-electron chi connectivity index (χ1n) is 5.31. The Morgan fingerprint density at radius 1 is 1.31 bits per heavy atom. The molecule has 1 atom stereocenters. The van der Waals surface area contributed by atoms with Crippen molar-refractivity contribution < 1.29 is 4.74 Å². The molecule has 0 aliphatic carbocycles. The van der Waals surface area contributed by atoms with Gasteiger partial charge in [-0.05, 0) is 18.6 Å². The highest BCUT2D eigenvalue weighted by Gasteiger charge is 2.07. The molecule has 0 aliphatic rings. The first-order valence-corrected chi connectivity index (χ1v) is 7.19. The van der Waals surface area contributed by atoms with Crippen LogP contribution in [0.2, 0.25) is 10.0 Å². The van der Waals surface area contributed by atoms with Gasteiger partial charge in [0.15, 0.2) is 0 Å². The summed E-state index contributed by atoms with van der Waals surface area (Å²) < 4.78 is 5.67. The average Bonchev–Trinajstić information content (AvgIpc) is 2.28. The Balaban J connectivity index is 2.50. The molecule has 1 aromatic rings. The SMILES string of the molecule is CCCC(CBr)COc1ccc(Cl)c(Cl)c1. The predicted octanol–water partition coefficient (Wildman–Crippen LogP) is 5.18. The van der Waals surface area contributed by atoms with Gasteiger partial charge in [0.1, 0.15) is 5.75 Å². The highest BCUT2D eigenvalue weighted by atomic mass is 79.9. The van der Waals surface area contributed by atoms with E-state index in [9.17, 15) is 0 Å². The van der Waals surface area contributed by atoms with Crippen LogP contribution in [0.4, 0.5) is 0 Å². The number of benzene rings is 1. The Hall–Kier alpha value is 0.0800. The topological polar surface area (TPSA) is 9.23 Å². The van der Waals surface area contributed by atoms with Crippen molar-refractivity contribution in [1.82, 2.24) is 0 Å². The van der Waals surface area contributed by atoms with E-state index in [1.807, 2.05) is 6.07 Å². The summed E-state index contributed by atoms with van der Waals surface area (Å²) in [4.78, 5) is 0. The third kappa shape index (κ3) is 4.52. The van der Waals surface area contributed by atoms with Crippen molar-refractivity contribution in [3.05, 3.63) is 28.2 Å². The fraction of sp³-hybridized carbons (Fsp3) is 0.500. The summed E-state index contributed by atoms with van der Waals surface area (Å²) in [5.41, 5.74) is 0. The number of hydrogen-bond donors (Lipinski definition) is 0. The summed E-state index contributed by atoms with van der Waals surface area (Å²) in [5, 5.41) is 2.05. The fourth-order valence-corrected chi connectivity index (χ4v) is 2.19. The summed E-state index contributed by atoms with van der Waals surface area (Å²) in [6.45, 7) is 2.88. The largest absolute Gasteiger partial charge is 0.493 e. The maximum absolute atomic E-state index is 5.90.